The van der Waals surface area contributed by atoms with E-state index < -0.39 is 11.5 Å². The number of carbonyl (C=O) groups is 2. The zero-order valence-corrected chi connectivity index (χ0v) is 18.2. The number of nitrogens with two attached hydrogens (primary N) is 1. The van der Waals surface area contributed by atoms with E-state index in [1.807, 2.05) is 48.5 Å². The van der Waals surface area contributed by atoms with E-state index in [4.69, 9.17) is 5.73 Å². The quantitative estimate of drug-likeness (QED) is 0.343. The standard InChI is InChI=1S/C26H25N3O3/c1-14(2)25(31)28-17-7-5-6-15(12-17)18-10-11-20(24(27)30)23-22(18)19-9-8-16(26(3,4)32)13-21(19)29-23/h5-13,29,32H,1H2,2-4H3,(H2,27,30)(H,28,31). The van der Waals surface area contributed by atoms with Crippen LogP contribution < -0.4 is 11.1 Å². The van der Waals surface area contributed by atoms with Crippen LogP contribution in [0.2, 0.25) is 0 Å². The largest absolute Gasteiger partial charge is 0.386 e. The highest BCUT2D eigenvalue weighted by Gasteiger charge is 2.20. The Morgan fingerprint density at radius 2 is 1.84 bits per heavy atom. The maximum atomic E-state index is 12.1. The number of aromatic nitrogens is 1. The van der Waals surface area contributed by atoms with Gasteiger partial charge in [0.15, 0.2) is 0 Å². The maximum Gasteiger partial charge on any atom is 0.250 e. The number of amides is 2. The second kappa shape index (κ2) is 7.66. The summed E-state index contributed by atoms with van der Waals surface area (Å²) in [6.45, 7) is 8.77. The Kier molecular flexibility index (Phi) is 5.11. The average molecular weight is 428 g/mol. The van der Waals surface area contributed by atoms with Crippen molar-refractivity contribution in [1.82, 2.24) is 4.98 Å². The normalized spacial score (nSPS) is 11.6. The molecule has 0 atom stereocenters. The van der Waals surface area contributed by atoms with Crippen LogP contribution in [0.25, 0.3) is 32.9 Å². The summed E-state index contributed by atoms with van der Waals surface area (Å²) in [5.41, 5.74) is 10.0. The number of carbonyl (C=O) groups excluding carboxylic acids is 2. The van der Waals surface area contributed by atoms with Crippen molar-refractivity contribution in [3.8, 4) is 11.1 Å². The van der Waals surface area contributed by atoms with Crippen LogP contribution in [0.3, 0.4) is 0 Å². The molecule has 0 aliphatic rings. The van der Waals surface area contributed by atoms with Gasteiger partial charge in [-0.1, -0.05) is 36.9 Å². The van der Waals surface area contributed by atoms with Crippen molar-refractivity contribution in [1.29, 1.82) is 0 Å². The van der Waals surface area contributed by atoms with Crippen molar-refractivity contribution >= 4 is 39.3 Å². The van der Waals surface area contributed by atoms with Gasteiger partial charge in [-0.15, -0.1) is 0 Å². The molecular weight excluding hydrogens is 402 g/mol. The average Bonchev–Trinajstić information content (AvgIpc) is 3.11. The number of primary amides is 1. The lowest BCUT2D eigenvalue weighted by Crippen LogP contribution is -2.14. The van der Waals surface area contributed by atoms with Gasteiger partial charge in [-0.05, 0) is 61.7 Å². The third kappa shape index (κ3) is 3.76. The molecule has 3 aromatic carbocycles. The molecular formula is C26H25N3O3. The van der Waals surface area contributed by atoms with Crippen LogP contribution >= 0.6 is 0 Å². The van der Waals surface area contributed by atoms with E-state index in [1.54, 1.807) is 26.8 Å². The Labute approximate surface area is 185 Å². The number of aromatic amines is 1. The molecule has 4 aromatic rings. The lowest BCUT2D eigenvalue weighted by molar-refractivity contribution is -0.112. The van der Waals surface area contributed by atoms with E-state index in [0.717, 1.165) is 33.0 Å². The van der Waals surface area contributed by atoms with Gasteiger partial charge in [0.25, 0.3) is 11.8 Å². The smallest absolute Gasteiger partial charge is 0.250 e. The summed E-state index contributed by atoms with van der Waals surface area (Å²) in [7, 11) is 0. The highest BCUT2D eigenvalue weighted by Crippen LogP contribution is 2.38. The van der Waals surface area contributed by atoms with Crippen LogP contribution in [-0.4, -0.2) is 21.9 Å². The van der Waals surface area contributed by atoms with Gasteiger partial charge in [-0.3, -0.25) is 9.59 Å². The van der Waals surface area contributed by atoms with Crippen molar-refractivity contribution in [2.45, 2.75) is 26.4 Å². The minimum absolute atomic E-state index is 0.248. The van der Waals surface area contributed by atoms with Crippen LogP contribution in [0.15, 0.2) is 66.7 Å². The van der Waals surface area contributed by atoms with Gasteiger partial charge in [-0.25, -0.2) is 0 Å². The maximum absolute atomic E-state index is 12.1. The van der Waals surface area contributed by atoms with Crippen molar-refractivity contribution < 1.29 is 14.7 Å². The molecule has 162 valence electrons. The van der Waals surface area contributed by atoms with E-state index in [1.165, 1.54) is 0 Å². The lowest BCUT2D eigenvalue weighted by Gasteiger charge is -2.17. The van der Waals surface area contributed by atoms with Gasteiger partial charge < -0.3 is 21.1 Å². The van der Waals surface area contributed by atoms with Gasteiger partial charge in [0.05, 0.1) is 16.7 Å². The van der Waals surface area contributed by atoms with E-state index >= 15 is 0 Å². The predicted molar refractivity (Wildman–Crippen MR) is 128 cm³/mol. The zero-order chi connectivity index (χ0) is 23.2. The van der Waals surface area contributed by atoms with Crippen molar-refractivity contribution in [2.75, 3.05) is 5.32 Å². The molecule has 4 rings (SSSR count). The van der Waals surface area contributed by atoms with Crippen LogP contribution in [-0.2, 0) is 10.4 Å². The molecule has 0 spiro atoms. The molecule has 1 heterocycles. The SMILES string of the molecule is C=C(C)C(=O)Nc1cccc(-c2ccc(C(N)=O)c3[nH]c4cc(C(C)(C)O)ccc4c23)c1. The second-order valence-corrected chi connectivity index (χ2v) is 8.53. The minimum Gasteiger partial charge on any atom is -0.386 e. The Balaban J connectivity index is 1.96. The fraction of sp³-hybridized carbons (Fsp3) is 0.154. The molecule has 0 saturated heterocycles. The number of aliphatic hydroxyl groups is 1. The van der Waals surface area contributed by atoms with Crippen LogP contribution in [0.1, 0.15) is 36.7 Å². The topological polar surface area (TPSA) is 108 Å². The third-order valence-corrected chi connectivity index (χ3v) is 5.54. The number of rotatable bonds is 5. The molecule has 0 aliphatic heterocycles. The van der Waals surface area contributed by atoms with E-state index in [0.29, 0.717) is 22.3 Å². The molecule has 6 heteroatoms. The van der Waals surface area contributed by atoms with E-state index in [2.05, 4.69) is 16.9 Å². The molecule has 6 nitrogen and oxygen atoms in total. The first-order valence-corrected chi connectivity index (χ1v) is 10.2. The summed E-state index contributed by atoms with van der Waals surface area (Å²) in [6.07, 6.45) is 0. The number of hydrogen-bond donors (Lipinski definition) is 4. The van der Waals surface area contributed by atoms with Crippen molar-refractivity contribution in [3.63, 3.8) is 0 Å². The molecule has 0 fully saturated rings. The number of hydrogen-bond acceptors (Lipinski definition) is 3. The van der Waals surface area contributed by atoms with Crippen molar-refractivity contribution in [3.05, 3.63) is 77.9 Å². The summed E-state index contributed by atoms with van der Waals surface area (Å²) in [4.78, 5) is 27.5. The molecule has 0 radical (unpaired) electrons. The van der Waals surface area contributed by atoms with Gasteiger partial charge in [0.2, 0.25) is 0 Å². The van der Waals surface area contributed by atoms with E-state index in [-0.39, 0.29) is 5.91 Å². The highest BCUT2D eigenvalue weighted by atomic mass is 16.3. The number of nitrogens with one attached hydrogen (secondary N) is 2. The summed E-state index contributed by atoms with van der Waals surface area (Å²) in [5.74, 6) is -0.777. The Hall–Kier alpha value is -3.90. The number of anilines is 1. The van der Waals surface area contributed by atoms with Crippen molar-refractivity contribution in [2.24, 2.45) is 5.73 Å². The molecule has 0 saturated carbocycles. The summed E-state index contributed by atoms with van der Waals surface area (Å²) < 4.78 is 0. The fourth-order valence-corrected chi connectivity index (χ4v) is 3.84. The first-order chi connectivity index (χ1) is 15.1. The fourth-order valence-electron chi connectivity index (χ4n) is 3.84. The number of H-pyrrole nitrogens is 1. The molecule has 0 aliphatic carbocycles. The second-order valence-electron chi connectivity index (χ2n) is 8.53. The highest BCUT2D eigenvalue weighted by molar-refractivity contribution is 6.20. The lowest BCUT2D eigenvalue weighted by atomic mass is 9.94. The monoisotopic (exact) mass is 427 g/mol. The Bertz CT molecular complexity index is 1410. The van der Waals surface area contributed by atoms with E-state index in [9.17, 15) is 14.7 Å². The molecule has 0 bridgehead atoms. The zero-order valence-electron chi connectivity index (χ0n) is 18.2. The number of fused-ring (bicyclic) bond motifs is 3. The first kappa shape index (κ1) is 21.3. The molecule has 2 amide bonds. The minimum atomic E-state index is -1.00. The molecule has 32 heavy (non-hydrogen) atoms. The molecule has 1 aromatic heterocycles. The van der Waals surface area contributed by atoms with Crippen LogP contribution in [0.5, 0.6) is 0 Å². The van der Waals surface area contributed by atoms with Crippen LogP contribution in [0.4, 0.5) is 5.69 Å². The van der Waals surface area contributed by atoms with Gasteiger partial charge in [-0.2, -0.15) is 0 Å². The van der Waals surface area contributed by atoms with Crippen LogP contribution in [0, 0.1) is 0 Å². The van der Waals surface area contributed by atoms with Gasteiger partial charge in [0, 0.05) is 27.5 Å². The Morgan fingerprint density at radius 1 is 1.09 bits per heavy atom. The van der Waals surface area contributed by atoms with Gasteiger partial charge in [0.1, 0.15) is 0 Å². The van der Waals surface area contributed by atoms with Gasteiger partial charge >= 0.3 is 0 Å². The summed E-state index contributed by atoms with van der Waals surface area (Å²) in [5, 5.41) is 15.0. The predicted octanol–water partition coefficient (Wildman–Crippen LogP) is 4.83. The summed E-state index contributed by atoms with van der Waals surface area (Å²) in [6, 6.07) is 16.7. The molecule has 0 unspecified atom stereocenters. The number of benzene rings is 3. The third-order valence-electron chi connectivity index (χ3n) is 5.54. The molecule has 5 N–H and O–H groups in total. The summed E-state index contributed by atoms with van der Waals surface area (Å²) >= 11 is 0. The Morgan fingerprint density at radius 3 is 2.50 bits per heavy atom. The first-order valence-electron chi connectivity index (χ1n) is 10.2.